The van der Waals surface area contributed by atoms with Crippen molar-refractivity contribution in [2.45, 2.75) is 45.4 Å². The van der Waals surface area contributed by atoms with Crippen LogP contribution in [0.4, 0.5) is 5.69 Å². The van der Waals surface area contributed by atoms with Crippen LogP contribution in [0.15, 0.2) is 18.2 Å². The molecule has 3 unspecified atom stereocenters. The molecule has 20 heavy (non-hydrogen) atoms. The number of nitrogens with one attached hydrogen (secondary N) is 1. The molecule has 3 atom stereocenters. The molecule has 3 nitrogen and oxygen atoms in total. The van der Waals surface area contributed by atoms with Crippen molar-refractivity contribution in [3.63, 3.8) is 0 Å². The van der Waals surface area contributed by atoms with Gasteiger partial charge in [0.2, 0.25) is 0 Å². The van der Waals surface area contributed by atoms with Crippen LogP contribution < -0.4 is 10.2 Å². The summed E-state index contributed by atoms with van der Waals surface area (Å²) < 4.78 is 5.76. The van der Waals surface area contributed by atoms with E-state index in [4.69, 9.17) is 16.3 Å². The molecule has 0 bridgehead atoms. The number of hydrogen-bond donors (Lipinski definition) is 1. The summed E-state index contributed by atoms with van der Waals surface area (Å²) in [5.41, 5.74) is 2.34. The minimum Gasteiger partial charge on any atom is -0.375 e. The third-order valence-corrected chi connectivity index (χ3v) is 4.46. The fraction of sp³-hybridized carbons (Fsp3) is 0.625. The van der Waals surface area contributed by atoms with Crippen LogP contribution in [-0.2, 0) is 4.74 Å². The van der Waals surface area contributed by atoms with Crippen LogP contribution in [0.1, 0.15) is 38.8 Å². The molecule has 1 aromatic rings. The Morgan fingerprint density at radius 1 is 1.50 bits per heavy atom. The lowest BCUT2D eigenvalue weighted by Crippen LogP contribution is -2.48. The first kappa shape index (κ1) is 15.6. The number of ether oxygens (including phenoxy) is 1. The lowest BCUT2D eigenvalue weighted by atomic mass is 10.1. The molecule has 1 aliphatic rings. The van der Waals surface area contributed by atoms with Crippen molar-refractivity contribution in [2.75, 3.05) is 25.1 Å². The fourth-order valence-corrected chi connectivity index (χ4v) is 2.97. The van der Waals surface area contributed by atoms with Crippen molar-refractivity contribution in [1.29, 1.82) is 0 Å². The summed E-state index contributed by atoms with van der Waals surface area (Å²) in [5.74, 6) is 0. The van der Waals surface area contributed by atoms with E-state index in [1.165, 1.54) is 5.56 Å². The van der Waals surface area contributed by atoms with Crippen molar-refractivity contribution in [2.24, 2.45) is 0 Å². The van der Waals surface area contributed by atoms with Gasteiger partial charge in [0, 0.05) is 12.6 Å². The zero-order valence-corrected chi connectivity index (χ0v) is 13.6. The van der Waals surface area contributed by atoms with Gasteiger partial charge < -0.3 is 15.0 Å². The Kier molecular flexibility index (Phi) is 5.30. The smallest absolute Gasteiger partial charge is 0.0723 e. The summed E-state index contributed by atoms with van der Waals surface area (Å²) in [4.78, 5) is 2.39. The van der Waals surface area contributed by atoms with Gasteiger partial charge in [-0.15, -0.1) is 0 Å². The van der Waals surface area contributed by atoms with Gasteiger partial charge in [-0.1, -0.05) is 24.6 Å². The van der Waals surface area contributed by atoms with E-state index >= 15 is 0 Å². The Morgan fingerprint density at radius 3 is 2.85 bits per heavy atom. The molecule has 1 fully saturated rings. The predicted molar refractivity (Wildman–Crippen MR) is 85.8 cm³/mol. The van der Waals surface area contributed by atoms with Gasteiger partial charge in [0.25, 0.3) is 0 Å². The molecule has 0 aromatic heterocycles. The summed E-state index contributed by atoms with van der Waals surface area (Å²) in [6.45, 7) is 8.13. The summed E-state index contributed by atoms with van der Waals surface area (Å²) in [7, 11) is 1.96. The average Bonchev–Trinajstić information content (AvgIpc) is 2.46. The minimum atomic E-state index is 0.254. The van der Waals surface area contributed by atoms with Crippen molar-refractivity contribution >= 4 is 17.3 Å². The number of morpholine rings is 1. The van der Waals surface area contributed by atoms with Crippen LogP contribution >= 0.6 is 11.6 Å². The maximum atomic E-state index is 6.52. The summed E-state index contributed by atoms with van der Waals surface area (Å²) >= 11 is 6.52. The minimum absolute atomic E-state index is 0.254. The van der Waals surface area contributed by atoms with E-state index in [9.17, 15) is 0 Å². The van der Waals surface area contributed by atoms with E-state index < -0.39 is 0 Å². The average molecular weight is 297 g/mol. The number of hydrogen-bond acceptors (Lipinski definition) is 3. The lowest BCUT2D eigenvalue weighted by Gasteiger charge is -2.40. The second-order valence-electron chi connectivity index (χ2n) is 5.58. The van der Waals surface area contributed by atoms with Crippen molar-refractivity contribution in [3.8, 4) is 0 Å². The molecule has 112 valence electrons. The normalized spacial score (nSPS) is 24.8. The Labute approximate surface area is 127 Å². The molecular weight excluding hydrogens is 272 g/mol. The van der Waals surface area contributed by atoms with Gasteiger partial charge >= 0.3 is 0 Å². The Hall–Kier alpha value is -0.770. The third kappa shape index (κ3) is 3.27. The molecule has 1 saturated heterocycles. The SMILES string of the molecule is CCC1COC(C)CN1c1ccc(C(C)NC)cc1Cl. The molecule has 2 rings (SSSR count). The van der Waals surface area contributed by atoms with Crippen LogP contribution in [0.5, 0.6) is 0 Å². The van der Waals surface area contributed by atoms with E-state index in [1.807, 2.05) is 7.05 Å². The number of anilines is 1. The summed E-state index contributed by atoms with van der Waals surface area (Å²) in [5, 5.41) is 4.07. The number of nitrogens with zero attached hydrogens (tertiary/aromatic N) is 1. The van der Waals surface area contributed by atoms with Crippen LogP contribution in [-0.4, -0.2) is 32.3 Å². The van der Waals surface area contributed by atoms with Gasteiger partial charge in [0.1, 0.15) is 0 Å². The van der Waals surface area contributed by atoms with Gasteiger partial charge in [-0.25, -0.2) is 0 Å². The van der Waals surface area contributed by atoms with Gasteiger partial charge in [-0.3, -0.25) is 0 Å². The van der Waals surface area contributed by atoms with Crippen LogP contribution in [0.25, 0.3) is 0 Å². The Morgan fingerprint density at radius 2 is 2.25 bits per heavy atom. The van der Waals surface area contributed by atoms with E-state index in [-0.39, 0.29) is 6.10 Å². The van der Waals surface area contributed by atoms with Gasteiger partial charge in [-0.05, 0) is 45.0 Å². The zero-order valence-electron chi connectivity index (χ0n) is 12.8. The molecule has 0 aliphatic carbocycles. The monoisotopic (exact) mass is 296 g/mol. The number of rotatable bonds is 4. The standard InChI is InChI=1S/C16H25ClN2O/c1-5-14-10-20-11(2)9-19(14)16-7-6-13(8-15(16)17)12(3)18-4/h6-8,11-12,14,18H,5,9-10H2,1-4H3. The maximum Gasteiger partial charge on any atom is 0.0723 e. The maximum absolute atomic E-state index is 6.52. The van der Waals surface area contributed by atoms with Crippen molar-refractivity contribution in [3.05, 3.63) is 28.8 Å². The van der Waals surface area contributed by atoms with Gasteiger partial charge in [0.15, 0.2) is 0 Å². The molecule has 0 spiro atoms. The summed E-state index contributed by atoms with van der Waals surface area (Å²) in [6.07, 6.45) is 1.32. The first-order chi connectivity index (χ1) is 9.56. The van der Waals surface area contributed by atoms with E-state index in [0.717, 1.165) is 30.3 Å². The highest BCUT2D eigenvalue weighted by Gasteiger charge is 2.27. The van der Waals surface area contributed by atoms with E-state index in [0.29, 0.717) is 12.1 Å². The third-order valence-electron chi connectivity index (χ3n) is 4.15. The van der Waals surface area contributed by atoms with E-state index in [2.05, 4.69) is 49.2 Å². The molecule has 0 amide bonds. The van der Waals surface area contributed by atoms with Crippen molar-refractivity contribution < 1.29 is 4.74 Å². The molecule has 0 saturated carbocycles. The quantitative estimate of drug-likeness (QED) is 0.918. The predicted octanol–water partition coefficient (Wildman–Crippen LogP) is 3.62. The van der Waals surface area contributed by atoms with E-state index in [1.54, 1.807) is 0 Å². The van der Waals surface area contributed by atoms with Crippen LogP contribution in [0.3, 0.4) is 0 Å². The zero-order chi connectivity index (χ0) is 14.7. The lowest BCUT2D eigenvalue weighted by molar-refractivity contribution is 0.0300. The molecule has 1 N–H and O–H groups in total. The second kappa shape index (κ2) is 6.79. The summed E-state index contributed by atoms with van der Waals surface area (Å²) in [6, 6.07) is 7.11. The molecular formula is C16H25ClN2O. The van der Waals surface area contributed by atoms with Crippen LogP contribution in [0, 0.1) is 0 Å². The molecule has 4 heteroatoms. The molecule has 0 radical (unpaired) electrons. The van der Waals surface area contributed by atoms with Gasteiger partial charge in [0.05, 0.1) is 29.5 Å². The Balaban J connectivity index is 2.26. The fourth-order valence-electron chi connectivity index (χ4n) is 2.67. The first-order valence-electron chi connectivity index (χ1n) is 7.41. The van der Waals surface area contributed by atoms with Crippen LogP contribution in [0.2, 0.25) is 5.02 Å². The second-order valence-corrected chi connectivity index (χ2v) is 5.99. The van der Waals surface area contributed by atoms with Gasteiger partial charge in [-0.2, -0.15) is 0 Å². The topological polar surface area (TPSA) is 24.5 Å². The highest BCUT2D eigenvalue weighted by Crippen LogP contribution is 2.32. The highest BCUT2D eigenvalue weighted by atomic mass is 35.5. The first-order valence-corrected chi connectivity index (χ1v) is 7.79. The Bertz CT molecular complexity index is 452. The number of halogens is 1. The largest absolute Gasteiger partial charge is 0.375 e. The highest BCUT2D eigenvalue weighted by molar-refractivity contribution is 6.33. The molecule has 1 aliphatic heterocycles. The van der Waals surface area contributed by atoms with Crippen molar-refractivity contribution in [1.82, 2.24) is 5.32 Å². The molecule has 1 heterocycles. The number of benzene rings is 1. The molecule has 1 aromatic carbocycles.